The summed E-state index contributed by atoms with van der Waals surface area (Å²) in [6.45, 7) is 5.93. The maximum Gasteiger partial charge on any atom is 0.229 e. The summed E-state index contributed by atoms with van der Waals surface area (Å²) < 4.78 is 31.7. The Bertz CT molecular complexity index is 975. The van der Waals surface area contributed by atoms with Crippen molar-refractivity contribution in [3.05, 3.63) is 59.2 Å². The number of hydrogen-bond donors (Lipinski definition) is 3. The van der Waals surface area contributed by atoms with Crippen LogP contribution < -0.4 is 20.1 Å². The quantitative estimate of drug-likeness (QED) is 0.277. The Balaban J connectivity index is 1.98. The summed E-state index contributed by atoms with van der Waals surface area (Å²) in [6.07, 6.45) is 4.50. The molecule has 170 valence electrons. The van der Waals surface area contributed by atoms with Crippen molar-refractivity contribution in [2.45, 2.75) is 46.2 Å². The molecule has 0 aromatic heterocycles. The number of ether oxygens (including phenoxy) is 1. The molecule has 0 bridgehead atoms. The number of sulfonamides is 1. The number of hydrogen-bond acceptors (Lipinski definition) is 4. The predicted octanol–water partition coefficient (Wildman–Crippen LogP) is 3.80. The standard InChI is InChI=1S/C23H34N4O3S/c1-5-6-9-14-30-22-15-18(2)12-13-20(22)17-26-23(24-3)25-16-19-10-7-8-11-21(19)27-31(4,28)29/h7-8,10-13,15,27H,5-6,9,14,16-17H2,1-4H3,(H2,24,25,26). The van der Waals surface area contributed by atoms with Crippen LogP contribution >= 0.6 is 0 Å². The third-order valence-electron chi connectivity index (χ3n) is 4.66. The summed E-state index contributed by atoms with van der Waals surface area (Å²) in [6, 6.07) is 13.5. The number of nitrogens with one attached hydrogen (secondary N) is 3. The molecule has 0 saturated carbocycles. The lowest BCUT2D eigenvalue weighted by molar-refractivity contribution is 0.303. The number of para-hydroxylation sites is 1. The van der Waals surface area contributed by atoms with Crippen LogP contribution in [0.5, 0.6) is 5.75 Å². The SMILES string of the molecule is CCCCCOc1cc(C)ccc1CNC(=NC)NCc1ccccc1NS(C)(=O)=O. The van der Waals surface area contributed by atoms with Gasteiger partial charge in [-0.05, 0) is 36.6 Å². The first-order chi connectivity index (χ1) is 14.8. The van der Waals surface area contributed by atoms with Crippen LogP contribution in [0.25, 0.3) is 0 Å². The molecule has 0 aliphatic carbocycles. The van der Waals surface area contributed by atoms with Gasteiger partial charge in [-0.2, -0.15) is 0 Å². The van der Waals surface area contributed by atoms with Crippen molar-refractivity contribution in [3.63, 3.8) is 0 Å². The molecule has 0 radical (unpaired) electrons. The smallest absolute Gasteiger partial charge is 0.229 e. The van der Waals surface area contributed by atoms with E-state index in [1.807, 2.05) is 12.1 Å². The molecule has 2 aromatic carbocycles. The molecule has 0 saturated heterocycles. The van der Waals surface area contributed by atoms with E-state index in [9.17, 15) is 8.42 Å². The number of nitrogens with zero attached hydrogens (tertiary/aromatic N) is 1. The van der Waals surface area contributed by atoms with E-state index in [1.165, 1.54) is 0 Å². The Labute approximate surface area is 186 Å². The molecule has 0 heterocycles. The fraction of sp³-hybridized carbons (Fsp3) is 0.435. The van der Waals surface area contributed by atoms with E-state index in [0.29, 0.717) is 31.3 Å². The zero-order chi connectivity index (χ0) is 22.7. The van der Waals surface area contributed by atoms with Gasteiger partial charge in [0.25, 0.3) is 0 Å². The molecule has 31 heavy (non-hydrogen) atoms. The monoisotopic (exact) mass is 446 g/mol. The second-order valence-electron chi connectivity index (χ2n) is 7.48. The molecule has 0 atom stereocenters. The minimum Gasteiger partial charge on any atom is -0.493 e. The Morgan fingerprint density at radius 1 is 1.03 bits per heavy atom. The third kappa shape index (κ3) is 8.88. The topological polar surface area (TPSA) is 91.8 Å². The van der Waals surface area contributed by atoms with Crippen LogP contribution in [0.4, 0.5) is 5.69 Å². The van der Waals surface area contributed by atoms with Gasteiger partial charge in [-0.15, -0.1) is 0 Å². The highest BCUT2D eigenvalue weighted by molar-refractivity contribution is 7.92. The fourth-order valence-corrected chi connectivity index (χ4v) is 3.63. The van der Waals surface area contributed by atoms with Gasteiger partial charge in [-0.3, -0.25) is 9.71 Å². The molecular weight excluding hydrogens is 412 g/mol. The second-order valence-corrected chi connectivity index (χ2v) is 9.23. The van der Waals surface area contributed by atoms with Crippen LogP contribution in [0.15, 0.2) is 47.5 Å². The van der Waals surface area contributed by atoms with Gasteiger partial charge >= 0.3 is 0 Å². The first kappa shape index (κ1) is 24.5. The maximum atomic E-state index is 11.6. The largest absolute Gasteiger partial charge is 0.493 e. The molecule has 2 aromatic rings. The molecule has 7 nitrogen and oxygen atoms in total. The minimum absolute atomic E-state index is 0.423. The minimum atomic E-state index is -3.35. The Morgan fingerprint density at radius 3 is 2.42 bits per heavy atom. The van der Waals surface area contributed by atoms with Gasteiger partial charge in [-0.1, -0.05) is 50.1 Å². The van der Waals surface area contributed by atoms with Crippen LogP contribution in [-0.4, -0.2) is 34.3 Å². The molecule has 8 heteroatoms. The number of guanidine groups is 1. The van der Waals surface area contributed by atoms with Gasteiger partial charge < -0.3 is 15.4 Å². The highest BCUT2D eigenvalue weighted by Gasteiger charge is 2.09. The number of unbranched alkanes of at least 4 members (excludes halogenated alkanes) is 2. The Kier molecular flexibility index (Phi) is 9.65. The number of rotatable bonds is 11. The van der Waals surface area contributed by atoms with Crippen LogP contribution in [0.2, 0.25) is 0 Å². The first-order valence-electron chi connectivity index (χ1n) is 10.5. The van der Waals surface area contributed by atoms with E-state index >= 15 is 0 Å². The maximum absolute atomic E-state index is 11.6. The number of aliphatic imine (C=N–C) groups is 1. The summed E-state index contributed by atoms with van der Waals surface area (Å²) in [5, 5.41) is 6.54. The Morgan fingerprint density at radius 2 is 1.74 bits per heavy atom. The summed E-state index contributed by atoms with van der Waals surface area (Å²) in [7, 11) is -1.65. The van der Waals surface area contributed by atoms with Crippen LogP contribution in [-0.2, 0) is 23.1 Å². The fourth-order valence-electron chi connectivity index (χ4n) is 3.03. The van der Waals surface area contributed by atoms with Crippen molar-refractivity contribution >= 4 is 21.7 Å². The number of aryl methyl sites for hydroxylation is 1. The average Bonchev–Trinajstić information content (AvgIpc) is 2.72. The van der Waals surface area contributed by atoms with E-state index < -0.39 is 10.0 Å². The molecule has 0 aliphatic rings. The van der Waals surface area contributed by atoms with Crippen molar-refractivity contribution in [2.75, 3.05) is 24.6 Å². The summed E-state index contributed by atoms with van der Waals surface area (Å²) in [5.74, 6) is 1.51. The lowest BCUT2D eigenvalue weighted by Gasteiger charge is -2.16. The van der Waals surface area contributed by atoms with Crippen molar-refractivity contribution in [3.8, 4) is 5.75 Å². The zero-order valence-electron chi connectivity index (χ0n) is 18.9. The molecule has 2 rings (SSSR count). The van der Waals surface area contributed by atoms with Crippen LogP contribution in [0.1, 0.15) is 42.9 Å². The molecule has 0 amide bonds. The van der Waals surface area contributed by atoms with Gasteiger partial charge in [0.2, 0.25) is 10.0 Å². The van der Waals surface area contributed by atoms with Gasteiger partial charge in [0, 0.05) is 25.7 Å². The summed E-state index contributed by atoms with van der Waals surface area (Å²) >= 11 is 0. The number of anilines is 1. The van der Waals surface area contributed by atoms with Crippen molar-refractivity contribution < 1.29 is 13.2 Å². The van der Waals surface area contributed by atoms with E-state index in [-0.39, 0.29) is 0 Å². The van der Waals surface area contributed by atoms with E-state index in [0.717, 1.165) is 48.0 Å². The van der Waals surface area contributed by atoms with E-state index in [1.54, 1.807) is 19.2 Å². The molecule has 0 fully saturated rings. The van der Waals surface area contributed by atoms with E-state index in [2.05, 4.69) is 52.4 Å². The average molecular weight is 447 g/mol. The normalized spacial score (nSPS) is 11.8. The van der Waals surface area contributed by atoms with Crippen molar-refractivity contribution in [2.24, 2.45) is 4.99 Å². The summed E-state index contributed by atoms with van der Waals surface area (Å²) in [4.78, 5) is 4.27. The van der Waals surface area contributed by atoms with Crippen molar-refractivity contribution in [1.29, 1.82) is 0 Å². The molecule has 0 unspecified atom stereocenters. The second kappa shape index (κ2) is 12.2. The highest BCUT2D eigenvalue weighted by atomic mass is 32.2. The van der Waals surface area contributed by atoms with Gasteiger partial charge in [0.1, 0.15) is 5.75 Å². The lowest BCUT2D eigenvalue weighted by atomic mass is 10.1. The Hall–Kier alpha value is -2.74. The molecule has 0 aliphatic heterocycles. The summed E-state index contributed by atoms with van der Waals surface area (Å²) in [5.41, 5.74) is 3.59. The van der Waals surface area contributed by atoms with Gasteiger partial charge in [0.05, 0.1) is 18.6 Å². The lowest BCUT2D eigenvalue weighted by Crippen LogP contribution is -2.36. The zero-order valence-corrected chi connectivity index (χ0v) is 19.7. The predicted molar refractivity (Wildman–Crippen MR) is 128 cm³/mol. The van der Waals surface area contributed by atoms with E-state index in [4.69, 9.17) is 4.74 Å². The van der Waals surface area contributed by atoms with Gasteiger partial charge in [0.15, 0.2) is 5.96 Å². The van der Waals surface area contributed by atoms with Crippen LogP contribution in [0, 0.1) is 6.92 Å². The molecular formula is C23H34N4O3S. The molecule has 0 spiro atoms. The third-order valence-corrected chi connectivity index (χ3v) is 5.25. The first-order valence-corrected chi connectivity index (χ1v) is 12.4. The highest BCUT2D eigenvalue weighted by Crippen LogP contribution is 2.21. The molecule has 3 N–H and O–H groups in total. The van der Waals surface area contributed by atoms with Crippen LogP contribution in [0.3, 0.4) is 0 Å². The van der Waals surface area contributed by atoms with Gasteiger partial charge in [-0.25, -0.2) is 8.42 Å². The van der Waals surface area contributed by atoms with Crippen molar-refractivity contribution in [1.82, 2.24) is 10.6 Å². The number of benzene rings is 2.